The predicted octanol–water partition coefficient (Wildman–Crippen LogP) is 4.14. The molecule has 0 aromatic heterocycles. The van der Waals surface area contributed by atoms with Crippen molar-refractivity contribution in [1.82, 2.24) is 5.32 Å². The third-order valence-corrected chi connectivity index (χ3v) is 3.83. The fraction of sp³-hybridized carbons (Fsp3) is 0.538. The molecule has 0 radical (unpaired) electrons. The maximum Gasteiger partial charge on any atom is 0.0432 e. The van der Waals surface area contributed by atoms with Gasteiger partial charge in [0.15, 0.2) is 0 Å². The lowest BCUT2D eigenvalue weighted by Crippen LogP contribution is -2.41. The second-order valence-electron chi connectivity index (χ2n) is 4.40. The van der Waals surface area contributed by atoms with Gasteiger partial charge in [0.1, 0.15) is 0 Å². The SMILES string of the molecule is CNC1(c2ccc(Cl)cc2)CCCCC1.Cl. The third-order valence-electron chi connectivity index (χ3n) is 3.58. The molecule has 1 aliphatic rings. The summed E-state index contributed by atoms with van der Waals surface area (Å²) < 4.78 is 0. The average molecular weight is 260 g/mol. The molecule has 0 saturated heterocycles. The number of hydrogen-bond donors (Lipinski definition) is 1. The molecule has 1 aliphatic carbocycles. The highest BCUT2D eigenvalue weighted by Gasteiger charge is 2.31. The zero-order valence-electron chi connectivity index (χ0n) is 9.63. The normalized spacial score (nSPS) is 18.9. The van der Waals surface area contributed by atoms with E-state index in [1.54, 1.807) is 0 Å². The molecule has 1 fully saturated rings. The topological polar surface area (TPSA) is 12.0 Å². The Morgan fingerprint density at radius 3 is 2.12 bits per heavy atom. The fourth-order valence-corrected chi connectivity index (χ4v) is 2.73. The van der Waals surface area contributed by atoms with Crippen LogP contribution >= 0.6 is 24.0 Å². The van der Waals surface area contributed by atoms with E-state index < -0.39 is 0 Å². The van der Waals surface area contributed by atoms with Crippen LogP contribution in [0.25, 0.3) is 0 Å². The van der Waals surface area contributed by atoms with Crippen molar-refractivity contribution in [1.29, 1.82) is 0 Å². The van der Waals surface area contributed by atoms with Crippen LogP contribution in [0.4, 0.5) is 0 Å². The molecule has 1 aromatic carbocycles. The van der Waals surface area contributed by atoms with Crippen LogP contribution in [0.5, 0.6) is 0 Å². The quantitative estimate of drug-likeness (QED) is 0.842. The fourth-order valence-electron chi connectivity index (χ4n) is 2.61. The van der Waals surface area contributed by atoms with Crippen molar-refractivity contribution in [3.05, 3.63) is 34.9 Å². The van der Waals surface area contributed by atoms with Crippen molar-refractivity contribution < 1.29 is 0 Å². The minimum atomic E-state index is 0. The molecule has 0 bridgehead atoms. The van der Waals surface area contributed by atoms with Gasteiger partial charge in [0, 0.05) is 10.6 Å². The molecule has 0 aliphatic heterocycles. The first-order valence-electron chi connectivity index (χ1n) is 5.72. The largest absolute Gasteiger partial charge is 0.310 e. The maximum absolute atomic E-state index is 5.92. The van der Waals surface area contributed by atoms with Crippen molar-refractivity contribution in [2.24, 2.45) is 0 Å². The van der Waals surface area contributed by atoms with Crippen LogP contribution in [0.1, 0.15) is 37.7 Å². The van der Waals surface area contributed by atoms with Crippen molar-refractivity contribution in [3.63, 3.8) is 0 Å². The summed E-state index contributed by atoms with van der Waals surface area (Å²) in [6.45, 7) is 0. The van der Waals surface area contributed by atoms with Gasteiger partial charge in [-0.15, -0.1) is 12.4 Å². The van der Waals surface area contributed by atoms with Gasteiger partial charge >= 0.3 is 0 Å². The monoisotopic (exact) mass is 259 g/mol. The van der Waals surface area contributed by atoms with Gasteiger partial charge in [0.05, 0.1) is 0 Å². The van der Waals surface area contributed by atoms with Gasteiger partial charge < -0.3 is 5.32 Å². The highest BCUT2D eigenvalue weighted by molar-refractivity contribution is 6.30. The molecule has 16 heavy (non-hydrogen) atoms. The molecule has 0 amide bonds. The number of rotatable bonds is 2. The molecular formula is C13H19Cl2N. The van der Waals surface area contributed by atoms with E-state index in [-0.39, 0.29) is 17.9 Å². The standard InChI is InChI=1S/C13H18ClN.ClH/c1-15-13(9-3-2-4-10-13)11-5-7-12(14)8-6-11;/h5-8,15H,2-4,9-10H2,1H3;1H. The summed E-state index contributed by atoms with van der Waals surface area (Å²) in [4.78, 5) is 0. The van der Waals surface area contributed by atoms with Crippen molar-refractivity contribution in [2.45, 2.75) is 37.6 Å². The molecule has 90 valence electrons. The van der Waals surface area contributed by atoms with Crippen LogP contribution in [0, 0.1) is 0 Å². The second kappa shape index (κ2) is 5.90. The van der Waals surface area contributed by atoms with Gasteiger partial charge in [0.2, 0.25) is 0 Å². The van der Waals surface area contributed by atoms with E-state index in [0.29, 0.717) is 0 Å². The molecule has 3 heteroatoms. The van der Waals surface area contributed by atoms with E-state index in [1.165, 1.54) is 37.7 Å². The van der Waals surface area contributed by atoms with E-state index in [0.717, 1.165) is 5.02 Å². The molecular weight excluding hydrogens is 241 g/mol. The minimum Gasteiger partial charge on any atom is -0.310 e. The summed E-state index contributed by atoms with van der Waals surface area (Å²) in [6.07, 6.45) is 6.50. The molecule has 1 aromatic rings. The van der Waals surface area contributed by atoms with Crippen LogP contribution in [-0.2, 0) is 5.54 Å². The first-order valence-corrected chi connectivity index (χ1v) is 6.10. The van der Waals surface area contributed by atoms with Crippen molar-refractivity contribution in [3.8, 4) is 0 Å². The van der Waals surface area contributed by atoms with Gasteiger partial charge in [-0.2, -0.15) is 0 Å². The number of nitrogens with one attached hydrogen (secondary N) is 1. The van der Waals surface area contributed by atoms with Gasteiger partial charge in [-0.25, -0.2) is 0 Å². The van der Waals surface area contributed by atoms with E-state index in [9.17, 15) is 0 Å². The lowest BCUT2D eigenvalue weighted by Gasteiger charge is -2.37. The van der Waals surface area contributed by atoms with Crippen LogP contribution < -0.4 is 5.32 Å². The highest BCUT2D eigenvalue weighted by Crippen LogP contribution is 2.36. The molecule has 1 nitrogen and oxygen atoms in total. The molecule has 0 heterocycles. The van der Waals surface area contributed by atoms with E-state index in [4.69, 9.17) is 11.6 Å². The Bertz CT molecular complexity index is 315. The summed E-state index contributed by atoms with van der Waals surface area (Å²) >= 11 is 5.92. The molecule has 2 rings (SSSR count). The molecule has 0 atom stereocenters. The summed E-state index contributed by atoms with van der Waals surface area (Å²) in [7, 11) is 2.07. The Balaban J connectivity index is 0.00000128. The lowest BCUT2D eigenvalue weighted by molar-refractivity contribution is 0.250. The molecule has 0 spiro atoms. The summed E-state index contributed by atoms with van der Waals surface area (Å²) in [5, 5.41) is 4.33. The van der Waals surface area contributed by atoms with Gasteiger partial charge in [-0.3, -0.25) is 0 Å². The summed E-state index contributed by atoms with van der Waals surface area (Å²) in [5.74, 6) is 0. The van der Waals surface area contributed by atoms with Crippen LogP contribution in [0.15, 0.2) is 24.3 Å². The first-order chi connectivity index (χ1) is 7.27. The van der Waals surface area contributed by atoms with Crippen molar-refractivity contribution in [2.75, 3.05) is 7.05 Å². The molecule has 0 unspecified atom stereocenters. The highest BCUT2D eigenvalue weighted by atomic mass is 35.5. The number of hydrogen-bond acceptors (Lipinski definition) is 1. The summed E-state index contributed by atoms with van der Waals surface area (Å²) in [6, 6.07) is 8.30. The first kappa shape index (κ1) is 13.8. The zero-order valence-corrected chi connectivity index (χ0v) is 11.2. The van der Waals surface area contributed by atoms with Gasteiger partial charge in [-0.05, 0) is 37.6 Å². The Hall–Kier alpha value is -0.240. The van der Waals surface area contributed by atoms with E-state index >= 15 is 0 Å². The zero-order chi connectivity index (χ0) is 10.7. The Labute approximate surface area is 109 Å². The van der Waals surface area contributed by atoms with Crippen LogP contribution in [0.2, 0.25) is 5.02 Å². The Morgan fingerprint density at radius 1 is 1.06 bits per heavy atom. The Kier molecular flexibility index (Phi) is 5.10. The van der Waals surface area contributed by atoms with Crippen LogP contribution in [0.3, 0.4) is 0 Å². The predicted molar refractivity (Wildman–Crippen MR) is 72.5 cm³/mol. The minimum absolute atomic E-state index is 0. The number of halogens is 2. The van der Waals surface area contributed by atoms with Crippen LogP contribution in [-0.4, -0.2) is 7.05 Å². The summed E-state index contributed by atoms with van der Waals surface area (Å²) in [5.41, 5.74) is 1.58. The van der Waals surface area contributed by atoms with E-state index in [1.807, 2.05) is 12.1 Å². The average Bonchev–Trinajstić information content (AvgIpc) is 2.31. The third kappa shape index (κ3) is 2.71. The number of benzene rings is 1. The smallest absolute Gasteiger partial charge is 0.0432 e. The molecule has 1 saturated carbocycles. The lowest BCUT2D eigenvalue weighted by atomic mass is 9.77. The van der Waals surface area contributed by atoms with Gasteiger partial charge in [0.25, 0.3) is 0 Å². The maximum atomic E-state index is 5.92. The van der Waals surface area contributed by atoms with Gasteiger partial charge in [-0.1, -0.05) is 43.0 Å². The second-order valence-corrected chi connectivity index (χ2v) is 4.84. The van der Waals surface area contributed by atoms with E-state index in [2.05, 4.69) is 24.5 Å². The van der Waals surface area contributed by atoms with Crippen molar-refractivity contribution >= 4 is 24.0 Å². The Morgan fingerprint density at radius 2 is 1.62 bits per heavy atom. The molecule has 1 N–H and O–H groups in total.